The first kappa shape index (κ1) is 13.9. The van der Waals surface area contributed by atoms with Crippen molar-refractivity contribution in [1.82, 2.24) is 10.6 Å². The van der Waals surface area contributed by atoms with Gasteiger partial charge >= 0.3 is 5.97 Å². The van der Waals surface area contributed by atoms with Gasteiger partial charge in [-0.15, -0.1) is 0 Å². The SMILES string of the molecule is CC(C)C(NC(=O)CC1CNCCO1)C(=O)O. The molecule has 6 heteroatoms. The highest BCUT2D eigenvalue weighted by molar-refractivity contribution is 5.83. The number of morpholine rings is 1. The lowest BCUT2D eigenvalue weighted by molar-refractivity contribution is -0.143. The van der Waals surface area contributed by atoms with Crippen LogP contribution in [0.25, 0.3) is 0 Å². The second-order valence-electron chi connectivity index (χ2n) is 4.53. The van der Waals surface area contributed by atoms with Crippen LogP contribution < -0.4 is 10.6 Å². The number of aliphatic carboxylic acids is 1. The molecule has 1 aliphatic rings. The summed E-state index contributed by atoms with van der Waals surface area (Å²) in [6, 6.07) is -0.834. The Hall–Kier alpha value is -1.14. The summed E-state index contributed by atoms with van der Waals surface area (Å²) in [5.41, 5.74) is 0. The maximum atomic E-state index is 11.6. The molecule has 0 aromatic heterocycles. The van der Waals surface area contributed by atoms with Crippen molar-refractivity contribution < 1.29 is 19.4 Å². The summed E-state index contributed by atoms with van der Waals surface area (Å²) in [5.74, 6) is -1.42. The average Bonchev–Trinajstić information content (AvgIpc) is 2.26. The van der Waals surface area contributed by atoms with Crippen molar-refractivity contribution in [3.8, 4) is 0 Å². The summed E-state index contributed by atoms with van der Waals surface area (Å²) < 4.78 is 5.38. The minimum Gasteiger partial charge on any atom is -0.480 e. The van der Waals surface area contributed by atoms with Crippen LogP contribution in [0.2, 0.25) is 0 Å². The van der Waals surface area contributed by atoms with Crippen LogP contribution in [0, 0.1) is 5.92 Å². The van der Waals surface area contributed by atoms with E-state index >= 15 is 0 Å². The summed E-state index contributed by atoms with van der Waals surface area (Å²) in [6.45, 7) is 5.54. The van der Waals surface area contributed by atoms with Crippen LogP contribution in [-0.4, -0.2) is 48.8 Å². The minimum atomic E-state index is -1.00. The molecular formula is C11H20N2O4. The Morgan fingerprint density at radius 2 is 2.24 bits per heavy atom. The first-order valence-electron chi connectivity index (χ1n) is 5.85. The third-order valence-corrected chi connectivity index (χ3v) is 2.67. The highest BCUT2D eigenvalue weighted by Crippen LogP contribution is 2.05. The molecule has 0 aliphatic carbocycles. The number of amides is 1. The van der Waals surface area contributed by atoms with Crippen molar-refractivity contribution in [3.63, 3.8) is 0 Å². The highest BCUT2D eigenvalue weighted by Gasteiger charge is 2.25. The van der Waals surface area contributed by atoms with Crippen molar-refractivity contribution in [2.24, 2.45) is 5.92 Å². The first-order chi connectivity index (χ1) is 8.00. The summed E-state index contributed by atoms with van der Waals surface area (Å²) in [5, 5.41) is 14.6. The Bertz CT molecular complexity index is 275. The minimum absolute atomic E-state index is 0.137. The Balaban J connectivity index is 2.38. The Morgan fingerprint density at radius 1 is 1.53 bits per heavy atom. The maximum Gasteiger partial charge on any atom is 0.326 e. The monoisotopic (exact) mass is 244 g/mol. The molecule has 6 nitrogen and oxygen atoms in total. The standard InChI is InChI=1S/C11H20N2O4/c1-7(2)10(11(15)16)13-9(14)5-8-6-12-3-4-17-8/h7-8,10,12H,3-6H2,1-2H3,(H,13,14)(H,15,16). The zero-order valence-electron chi connectivity index (χ0n) is 10.2. The molecule has 1 rings (SSSR count). The Morgan fingerprint density at radius 3 is 2.71 bits per heavy atom. The molecule has 17 heavy (non-hydrogen) atoms. The molecule has 0 aromatic rings. The van der Waals surface area contributed by atoms with Gasteiger partial charge in [-0.3, -0.25) is 4.79 Å². The number of carbonyl (C=O) groups excluding carboxylic acids is 1. The van der Waals surface area contributed by atoms with E-state index in [1.54, 1.807) is 13.8 Å². The number of carboxylic acid groups (broad SMARTS) is 1. The van der Waals surface area contributed by atoms with Gasteiger partial charge in [-0.1, -0.05) is 13.8 Å². The predicted molar refractivity (Wildman–Crippen MR) is 61.6 cm³/mol. The molecule has 1 saturated heterocycles. The normalized spacial score (nSPS) is 22.2. The average molecular weight is 244 g/mol. The van der Waals surface area contributed by atoms with E-state index < -0.39 is 12.0 Å². The molecule has 1 amide bonds. The van der Waals surface area contributed by atoms with Crippen molar-refractivity contribution in [3.05, 3.63) is 0 Å². The number of rotatable bonds is 5. The van der Waals surface area contributed by atoms with Crippen LogP contribution >= 0.6 is 0 Å². The molecule has 3 N–H and O–H groups in total. The van der Waals surface area contributed by atoms with E-state index in [1.165, 1.54) is 0 Å². The van der Waals surface area contributed by atoms with Gasteiger partial charge in [-0.05, 0) is 5.92 Å². The zero-order chi connectivity index (χ0) is 12.8. The lowest BCUT2D eigenvalue weighted by Gasteiger charge is -2.24. The van der Waals surface area contributed by atoms with Crippen LogP contribution in [0.4, 0.5) is 0 Å². The van der Waals surface area contributed by atoms with E-state index in [4.69, 9.17) is 9.84 Å². The van der Waals surface area contributed by atoms with E-state index in [0.717, 1.165) is 6.54 Å². The van der Waals surface area contributed by atoms with Crippen molar-refractivity contribution in [2.75, 3.05) is 19.7 Å². The second-order valence-corrected chi connectivity index (χ2v) is 4.53. The first-order valence-corrected chi connectivity index (χ1v) is 5.85. The fourth-order valence-electron chi connectivity index (χ4n) is 1.70. The van der Waals surface area contributed by atoms with Gasteiger partial charge in [-0.2, -0.15) is 0 Å². The van der Waals surface area contributed by atoms with Gasteiger partial charge in [0.1, 0.15) is 6.04 Å². The van der Waals surface area contributed by atoms with E-state index in [2.05, 4.69) is 10.6 Å². The molecule has 1 aliphatic heterocycles. The van der Waals surface area contributed by atoms with Crippen molar-refractivity contribution in [1.29, 1.82) is 0 Å². The van der Waals surface area contributed by atoms with Crippen molar-refractivity contribution >= 4 is 11.9 Å². The number of hydrogen-bond acceptors (Lipinski definition) is 4. The molecule has 0 spiro atoms. The summed E-state index contributed by atoms with van der Waals surface area (Å²) in [7, 11) is 0. The molecule has 0 bridgehead atoms. The molecule has 2 atom stereocenters. The van der Waals surface area contributed by atoms with Crippen LogP contribution in [0.5, 0.6) is 0 Å². The van der Waals surface area contributed by atoms with Gasteiger partial charge in [0.25, 0.3) is 0 Å². The number of carboxylic acids is 1. The second kappa shape index (κ2) is 6.56. The molecule has 98 valence electrons. The van der Waals surface area contributed by atoms with Crippen LogP contribution in [0.15, 0.2) is 0 Å². The molecule has 1 heterocycles. The third-order valence-electron chi connectivity index (χ3n) is 2.67. The topological polar surface area (TPSA) is 87.7 Å². The van der Waals surface area contributed by atoms with E-state index in [0.29, 0.717) is 13.2 Å². The number of carbonyl (C=O) groups is 2. The van der Waals surface area contributed by atoms with E-state index in [-0.39, 0.29) is 24.3 Å². The van der Waals surface area contributed by atoms with Crippen LogP contribution in [0.1, 0.15) is 20.3 Å². The number of nitrogens with one attached hydrogen (secondary N) is 2. The van der Waals surface area contributed by atoms with Gasteiger partial charge < -0.3 is 20.5 Å². The molecule has 0 saturated carbocycles. The maximum absolute atomic E-state index is 11.6. The largest absolute Gasteiger partial charge is 0.480 e. The lowest BCUT2D eigenvalue weighted by atomic mass is 10.0. The molecule has 2 unspecified atom stereocenters. The summed E-state index contributed by atoms with van der Waals surface area (Å²) in [4.78, 5) is 22.6. The van der Waals surface area contributed by atoms with Crippen LogP contribution in [-0.2, 0) is 14.3 Å². The number of ether oxygens (including phenoxy) is 1. The molecule has 0 radical (unpaired) electrons. The molecular weight excluding hydrogens is 224 g/mol. The fourth-order valence-corrected chi connectivity index (χ4v) is 1.70. The fraction of sp³-hybridized carbons (Fsp3) is 0.818. The lowest BCUT2D eigenvalue weighted by Crippen LogP contribution is -2.47. The van der Waals surface area contributed by atoms with Gasteiger partial charge in [0.15, 0.2) is 0 Å². The van der Waals surface area contributed by atoms with E-state index in [1.807, 2.05) is 0 Å². The third kappa shape index (κ3) is 4.70. The smallest absolute Gasteiger partial charge is 0.326 e. The highest BCUT2D eigenvalue weighted by atomic mass is 16.5. The molecule has 0 aromatic carbocycles. The van der Waals surface area contributed by atoms with Gasteiger partial charge in [-0.25, -0.2) is 4.79 Å². The Kier molecular flexibility index (Phi) is 5.37. The van der Waals surface area contributed by atoms with E-state index in [9.17, 15) is 9.59 Å². The van der Waals surface area contributed by atoms with Gasteiger partial charge in [0.05, 0.1) is 19.1 Å². The van der Waals surface area contributed by atoms with Gasteiger partial charge in [0, 0.05) is 13.1 Å². The Labute approximate surface area is 101 Å². The van der Waals surface area contributed by atoms with Gasteiger partial charge in [0.2, 0.25) is 5.91 Å². The molecule has 1 fully saturated rings. The summed E-state index contributed by atoms with van der Waals surface area (Å²) in [6.07, 6.45) is 0.0362. The predicted octanol–water partition coefficient (Wildman–Crippen LogP) is -0.410. The van der Waals surface area contributed by atoms with Crippen molar-refractivity contribution in [2.45, 2.75) is 32.4 Å². The quantitative estimate of drug-likeness (QED) is 0.612. The zero-order valence-corrected chi connectivity index (χ0v) is 10.2. The van der Waals surface area contributed by atoms with Crippen LogP contribution in [0.3, 0.4) is 0 Å². The number of hydrogen-bond donors (Lipinski definition) is 3. The summed E-state index contributed by atoms with van der Waals surface area (Å²) >= 11 is 0.